The molecule has 4 amide bonds. The van der Waals surface area contributed by atoms with Crippen molar-refractivity contribution in [3.63, 3.8) is 0 Å². The van der Waals surface area contributed by atoms with E-state index in [1.165, 1.54) is 7.05 Å². The molecule has 14 nitrogen and oxygen atoms in total. The Bertz CT molecular complexity index is 1040. The van der Waals surface area contributed by atoms with E-state index in [-0.39, 0.29) is 19.4 Å². The summed E-state index contributed by atoms with van der Waals surface area (Å²) in [6.45, 7) is 3.43. The molecule has 1 aliphatic heterocycles. The van der Waals surface area contributed by atoms with Crippen LogP contribution in [0.4, 0.5) is 10.5 Å². The molecule has 210 valence electrons. The number of hydrogen-bond acceptors (Lipinski definition) is 10. The molecule has 0 radical (unpaired) electrons. The number of benzene rings is 1. The van der Waals surface area contributed by atoms with Crippen molar-refractivity contribution in [2.75, 3.05) is 32.1 Å². The first kappa shape index (κ1) is 31.1. The third-order valence-corrected chi connectivity index (χ3v) is 7.29. The zero-order valence-corrected chi connectivity index (χ0v) is 22.1. The predicted octanol–water partition coefficient (Wildman–Crippen LogP) is 0.308. The maximum Gasteiger partial charge on any atom is 0.335 e. The van der Waals surface area contributed by atoms with Gasteiger partial charge in [0.05, 0.1) is 25.9 Å². The Morgan fingerprint density at radius 1 is 1.11 bits per heavy atom. The Hall–Kier alpha value is -3.13. The summed E-state index contributed by atoms with van der Waals surface area (Å²) in [5.41, 5.74) is 1.09. The van der Waals surface area contributed by atoms with Crippen LogP contribution in [0.25, 0.3) is 0 Å². The van der Waals surface area contributed by atoms with Crippen molar-refractivity contribution in [3.05, 3.63) is 42.1 Å². The lowest BCUT2D eigenvalue weighted by molar-refractivity contribution is -0.139. The summed E-state index contributed by atoms with van der Waals surface area (Å²) in [6.07, 6.45) is -3.99. The van der Waals surface area contributed by atoms with Gasteiger partial charge in [-0.05, 0) is 37.6 Å². The molecular formula is C23H33N4O10P. The Morgan fingerprint density at radius 3 is 2.29 bits per heavy atom. The molecule has 0 unspecified atom stereocenters. The van der Waals surface area contributed by atoms with Gasteiger partial charge in [0, 0.05) is 18.9 Å². The van der Waals surface area contributed by atoms with Crippen molar-refractivity contribution in [2.45, 2.75) is 44.5 Å². The molecule has 1 saturated heterocycles. The number of aliphatic hydroxyl groups excluding tert-OH is 2. The van der Waals surface area contributed by atoms with E-state index in [2.05, 4.69) is 16.0 Å². The van der Waals surface area contributed by atoms with Gasteiger partial charge >= 0.3 is 13.6 Å². The molecule has 4 atom stereocenters. The summed E-state index contributed by atoms with van der Waals surface area (Å²) < 4.78 is 28.6. The minimum Gasteiger partial charge on any atom is -0.387 e. The number of urea groups is 1. The van der Waals surface area contributed by atoms with Crippen molar-refractivity contribution in [1.82, 2.24) is 15.5 Å². The van der Waals surface area contributed by atoms with E-state index in [4.69, 9.17) is 13.8 Å². The van der Waals surface area contributed by atoms with Gasteiger partial charge in [-0.3, -0.25) is 23.8 Å². The van der Waals surface area contributed by atoms with Crippen LogP contribution in [0.5, 0.6) is 0 Å². The van der Waals surface area contributed by atoms with Gasteiger partial charge < -0.3 is 39.9 Å². The van der Waals surface area contributed by atoms with Crippen LogP contribution in [-0.2, 0) is 38.9 Å². The number of hydrogen-bond donors (Lipinski definition) is 5. The summed E-state index contributed by atoms with van der Waals surface area (Å²) in [5, 5.41) is 27.7. The first-order valence-electron chi connectivity index (χ1n) is 11.8. The standard InChI is InChI=1S/C23H33N4O10P/c1-4-35-38(34,36-5-2)14-15-7-9-16(10-8-15)26-17(29)13-25-21(32)20-18(30)19(31)22(37-20)27(11-6-12-28)23(33)24-3/h6-12,18-20,22,30-31H,4-5,13-14H2,1-3H3,(H,24,33)(H,25,32)(H,26,29)/b11-6-/t18-,19+,20-,22+/m0/s1. The molecule has 38 heavy (non-hydrogen) atoms. The summed E-state index contributed by atoms with van der Waals surface area (Å²) in [7, 11) is -1.98. The maximum atomic E-state index is 12.7. The van der Waals surface area contributed by atoms with Crippen LogP contribution in [0.1, 0.15) is 19.4 Å². The number of amides is 4. The van der Waals surface area contributed by atoms with Crippen LogP contribution in [0.2, 0.25) is 0 Å². The maximum absolute atomic E-state index is 12.7. The molecule has 1 aliphatic rings. The first-order valence-corrected chi connectivity index (χ1v) is 13.5. The van der Waals surface area contributed by atoms with Gasteiger partial charge in [0.2, 0.25) is 5.91 Å². The number of allylic oxidation sites excluding steroid dienone is 1. The number of aldehydes is 1. The number of nitrogens with zero attached hydrogens (tertiary/aromatic N) is 1. The van der Waals surface area contributed by atoms with E-state index in [1.807, 2.05) is 0 Å². The van der Waals surface area contributed by atoms with Gasteiger partial charge in [-0.25, -0.2) is 4.79 Å². The zero-order valence-electron chi connectivity index (χ0n) is 21.2. The van der Waals surface area contributed by atoms with E-state index in [0.717, 1.165) is 17.2 Å². The van der Waals surface area contributed by atoms with Gasteiger partial charge in [-0.15, -0.1) is 0 Å². The Labute approximate surface area is 219 Å². The predicted molar refractivity (Wildman–Crippen MR) is 135 cm³/mol. The monoisotopic (exact) mass is 556 g/mol. The van der Waals surface area contributed by atoms with Crippen LogP contribution in [0.15, 0.2) is 36.5 Å². The van der Waals surface area contributed by atoms with Crippen LogP contribution < -0.4 is 16.0 Å². The fourth-order valence-electron chi connectivity index (χ4n) is 3.54. The molecule has 5 N–H and O–H groups in total. The van der Waals surface area contributed by atoms with Crippen molar-refractivity contribution < 1.29 is 47.7 Å². The third-order valence-electron chi connectivity index (χ3n) is 5.23. The molecule has 2 rings (SSSR count). The second-order valence-electron chi connectivity index (χ2n) is 7.94. The number of rotatable bonds is 13. The summed E-state index contributed by atoms with van der Waals surface area (Å²) in [5.74, 6) is -1.49. The van der Waals surface area contributed by atoms with Gasteiger partial charge in [-0.1, -0.05) is 12.1 Å². The van der Waals surface area contributed by atoms with E-state index in [1.54, 1.807) is 38.1 Å². The molecular weight excluding hydrogens is 523 g/mol. The fraction of sp³-hybridized carbons (Fsp3) is 0.478. The first-order chi connectivity index (χ1) is 18.1. The Balaban J connectivity index is 1.93. The lowest BCUT2D eigenvalue weighted by Gasteiger charge is -2.26. The van der Waals surface area contributed by atoms with Crippen molar-refractivity contribution in [3.8, 4) is 0 Å². The molecule has 1 aromatic carbocycles. The summed E-state index contributed by atoms with van der Waals surface area (Å²) >= 11 is 0. The number of ether oxygens (including phenoxy) is 1. The second-order valence-corrected chi connectivity index (χ2v) is 9.99. The summed E-state index contributed by atoms with van der Waals surface area (Å²) in [4.78, 5) is 48.4. The van der Waals surface area contributed by atoms with Gasteiger partial charge in [0.25, 0.3) is 5.91 Å². The van der Waals surface area contributed by atoms with Crippen molar-refractivity contribution in [1.29, 1.82) is 0 Å². The topological polar surface area (TPSA) is 193 Å². The Morgan fingerprint density at radius 2 is 1.74 bits per heavy atom. The van der Waals surface area contributed by atoms with Gasteiger partial charge in [0.15, 0.2) is 12.3 Å². The number of carbonyl (C=O) groups is 4. The normalized spacial score (nSPS) is 21.2. The smallest absolute Gasteiger partial charge is 0.335 e. The third kappa shape index (κ3) is 8.45. The number of aliphatic hydroxyl groups is 2. The molecule has 0 spiro atoms. The molecule has 0 bridgehead atoms. The molecule has 1 aromatic rings. The molecule has 1 heterocycles. The number of nitrogens with one attached hydrogen (secondary N) is 3. The van der Waals surface area contributed by atoms with Crippen LogP contribution >= 0.6 is 7.60 Å². The largest absolute Gasteiger partial charge is 0.387 e. The highest BCUT2D eigenvalue weighted by atomic mass is 31.2. The lowest BCUT2D eigenvalue weighted by Crippen LogP contribution is -2.47. The number of anilines is 1. The molecule has 0 saturated carbocycles. The highest BCUT2D eigenvalue weighted by Crippen LogP contribution is 2.51. The quantitative estimate of drug-likeness (QED) is 0.128. The zero-order chi connectivity index (χ0) is 28.3. The Kier molecular flexibility index (Phi) is 12.0. The van der Waals surface area contributed by atoms with Crippen molar-refractivity contribution >= 4 is 37.4 Å². The van der Waals surface area contributed by atoms with Crippen molar-refractivity contribution in [2.24, 2.45) is 0 Å². The lowest BCUT2D eigenvalue weighted by atomic mass is 10.1. The van der Waals surface area contributed by atoms with Crippen LogP contribution in [-0.4, -0.2) is 90.6 Å². The minimum atomic E-state index is -3.28. The SMILES string of the molecule is CCOP(=O)(Cc1ccc(NC(=O)CNC(=O)[C@H]2O[C@@H](N(/C=C\C=O)C(=O)NC)[C@H](O)[C@@H]2O)cc1)OCC. The number of carbonyl (C=O) groups excluding carboxylic acids is 4. The second kappa shape index (κ2) is 14.7. The average molecular weight is 557 g/mol. The minimum absolute atomic E-state index is 0.0673. The average Bonchev–Trinajstić information content (AvgIpc) is 3.18. The summed E-state index contributed by atoms with van der Waals surface area (Å²) in [6, 6.07) is 5.72. The molecule has 0 aliphatic carbocycles. The van der Waals surface area contributed by atoms with Crippen LogP contribution in [0.3, 0.4) is 0 Å². The fourth-order valence-corrected chi connectivity index (χ4v) is 5.25. The highest BCUT2D eigenvalue weighted by molar-refractivity contribution is 7.53. The van der Waals surface area contributed by atoms with Gasteiger partial charge in [-0.2, -0.15) is 0 Å². The molecule has 1 fully saturated rings. The van der Waals surface area contributed by atoms with E-state index in [9.17, 15) is 34.0 Å². The van der Waals surface area contributed by atoms with Crippen LogP contribution in [0, 0.1) is 0 Å². The van der Waals surface area contributed by atoms with E-state index in [0.29, 0.717) is 17.5 Å². The molecule has 15 heteroatoms. The van der Waals surface area contributed by atoms with E-state index >= 15 is 0 Å². The van der Waals surface area contributed by atoms with E-state index < -0.39 is 56.5 Å². The van der Waals surface area contributed by atoms with Gasteiger partial charge in [0.1, 0.15) is 18.5 Å². The molecule has 0 aromatic heterocycles. The highest BCUT2D eigenvalue weighted by Gasteiger charge is 2.49.